The maximum Gasteiger partial charge on any atom is 0.328 e. The van der Waals surface area contributed by atoms with Gasteiger partial charge in [-0.15, -0.1) is 0 Å². The molecule has 8 nitrogen and oxygen atoms in total. The maximum atomic E-state index is 13.0. The molecular weight excluding hydrogens is 448 g/mol. The second kappa shape index (κ2) is 12.9. The molecule has 0 aliphatic rings. The number of ether oxygens (including phenoxy) is 2. The molecule has 0 aromatic heterocycles. The molecule has 0 heterocycles. The van der Waals surface area contributed by atoms with E-state index in [-0.39, 0.29) is 11.8 Å². The van der Waals surface area contributed by atoms with Gasteiger partial charge in [0.25, 0.3) is 0 Å². The molecule has 0 radical (unpaired) electrons. The fourth-order valence-corrected chi connectivity index (χ4v) is 3.89. The summed E-state index contributed by atoms with van der Waals surface area (Å²) in [5.74, 6) is -1.44. The Kier molecular flexibility index (Phi) is 10.3. The van der Waals surface area contributed by atoms with Gasteiger partial charge in [0.05, 0.1) is 26.7 Å². The molecule has 2 rings (SSSR count). The molecule has 2 aromatic rings. The number of hydrogen-bond acceptors (Lipinski definition) is 6. The number of carbonyl (C=O) groups excluding carboxylic acids is 2. The van der Waals surface area contributed by atoms with E-state index >= 15 is 0 Å². The van der Waals surface area contributed by atoms with Crippen molar-refractivity contribution < 1.29 is 29.0 Å². The summed E-state index contributed by atoms with van der Waals surface area (Å²) in [6, 6.07) is 13.3. The zero-order valence-corrected chi connectivity index (χ0v) is 21.1. The minimum atomic E-state index is -1.11. The van der Waals surface area contributed by atoms with Crippen molar-refractivity contribution in [1.82, 2.24) is 10.6 Å². The highest BCUT2D eigenvalue weighted by Gasteiger charge is 2.29. The van der Waals surface area contributed by atoms with Crippen molar-refractivity contribution in [2.24, 2.45) is 0 Å². The standard InChI is InChI=1S/C27H36N2O6/c1-18-15-20(11-12-23(18)34-4)27(2,3)13-14-28-21(17-24(30)31)25(32)29-22(26(33)35-5)16-19-9-7-6-8-10-19/h6-12,15,21-22,28H,13-14,16-17H2,1-5H3,(H,29,32)(H,30,31)/t21-,22-/m0/s1. The van der Waals surface area contributed by atoms with E-state index in [0.29, 0.717) is 13.0 Å². The average molecular weight is 485 g/mol. The molecule has 0 aliphatic heterocycles. The van der Waals surface area contributed by atoms with Crippen LogP contribution in [0.5, 0.6) is 5.75 Å². The van der Waals surface area contributed by atoms with Crippen molar-refractivity contribution in [3.8, 4) is 5.75 Å². The first-order valence-corrected chi connectivity index (χ1v) is 11.6. The third-order valence-corrected chi connectivity index (χ3v) is 6.10. The third kappa shape index (κ3) is 8.40. The Hall–Kier alpha value is -3.39. The van der Waals surface area contributed by atoms with E-state index in [9.17, 15) is 19.5 Å². The van der Waals surface area contributed by atoms with E-state index in [1.165, 1.54) is 7.11 Å². The summed E-state index contributed by atoms with van der Waals surface area (Å²) >= 11 is 0. The van der Waals surface area contributed by atoms with Crippen molar-refractivity contribution in [3.05, 3.63) is 65.2 Å². The lowest BCUT2D eigenvalue weighted by atomic mass is 9.81. The molecule has 0 fully saturated rings. The number of methoxy groups -OCH3 is 2. The van der Waals surface area contributed by atoms with Crippen molar-refractivity contribution in [3.63, 3.8) is 0 Å². The van der Waals surface area contributed by atoms with Crippen molar-refractivity contribution in [2.75, 3.05) is 20.8 Å². The summed E-state index contributed by atoms with van der Waals surface area (Å²) in [6.07, 6.45) is 0.489. The molecular formula is C27H36N2O6. The highest BCUT2D eigenvalue weighted by molar-refractivity contribution is 5.90. The summed E-state index contributed by atoms with van der Waals surface area (Å²) in [7, 11) is 2.89. The molecule has 0 spiro atoms. The number of carbonyl (C=O) groups is 3. The minimum Gasteiger partial charge on any atom is -0.496 e. The zero-order valence-electron chi connectivity index (χ0n) is 21.1. The van der Waals surface area contributed by atoms with Crippen LogP contribution in [0.1, 0.15) is 43.4 Å². The number of carboxylic acids is 1. The average Bonchev–Trinajstić information content (AvgIpc) is 2.82. The van der Waals surface area contributed by atoms with Crippen LogP contribution in [0.3, 0.4) is 0 Å². The minimum absolute atomic E-state index is 0.226. The Morgan fingerprint density at radius 2 is 1.71 bits per heavy atom. The number of amides is 1. The van der Waals surface area contributed by atoms with Crippen molar-refractivity contribution in [1.29, 1.82) is 0 Å². The van der Waals surface area contributed by atoms with E-state index in [0.717, 1.165) is 22.4 Å². The number of benzene rings is 2. The highest BCUT2D eigenvalue weighted by atomic mass is 16.5. The smallest absolute Gasteiger partial charge is 0.328 e. The van der Waals surface area contributed by atoms with E-state index in [1.807, 2.05) is 49.4 Å². The molecule has 35 heavy (non-hydrogen) atoms. The molecule has 0 saturated carbocycles. The Bertz CT molecular complexity index is 1010. The quantitative estimate of drug-likeness (QED) is 0.375. The van der Waals surface area contributed by atoms with Gasteiger partial charge < -0.3 is 25.2 Å². The maximum absolute atomic E-state index is 13.0. The van der Waals surface area contributed by atoms with Crippen LogP contribution in [-0.4, -0.2) is 55.8 Å². The topological polar surface area (TPSA) is 114 Å². The lowest BCUT2D eigenvalue weighted by Gasteiger charge is -2.28. The van der Waals surface area contributed by atoms with Crippen LogP contribution in [0, 0.1) is 6.92 Å². The number of esters is 1. The molecule has 2 atom stereocenters. The summed E-state index contributed by atoms with van der Waals surface area (Å²) in [5, 5.41) is 15.1. The van der Waals surface area contributed by atoms with Gasteiger partial charge in [-0.3, -0.25) is 9.59 Å². The van der Waals surface area contributed by atoms with Crippen molar-refractivity contribution >= 4 is 17.8 Å². The van der Waals surface area contributed by atoms with Crippen LogP contribution in [0.15, 0.2) is 48.5 Å². The Morgan fingerprint density at radius 3 is 2.29 bits per heavy atom. The van der Waals surface area contributed by atoms with Crippen LogP contribution in [0.4, 0.5) is 0 Å². The van der Waals surface area contributed by atoms with Crippen LogP contribution >= 0.6 is 0 Å². The molecule has 1 amide bonds. The molecule has 2 aromatic carbocycles. The van der Waals surface area contributed by atoms with E-state index in [4.69, 9.17) is 9.47 Å². The Morgan fingerprint density at radius 1 is 1.03 bits per heavy atom. The van der Waals surface area contributed by atoms with E-state index in [1.54, 1.807) is 7.11 Å². The number of carboxylic acid groups (broad SMARTS) is 1. The lowest BCUT2D eigenvalue weighted by molar-refractivity contribution is -0.145. The van der Waals surface area contributed by atoms with Crippen molar-refractivity contribution in [2.45, 2.75) is 57.5 Å². The number of aryl methyl sites for hydroxylation is 1. The van der Waals surface area contributed by atoms with Gasteiger partial charge in [0, 0.05) is 6.42 Å². The van der Waals surface area contributed by atoms with Gasteiger partial charge in [-0.25, -0.2) is 4.79 Å². The molecule has 0 saturated heterocycles. The van der Waals surface area contributed by atoms with Crippen LogP contribution in [0.25, 0.3) is 0 Å². The first-order valence-electron chi connectivity index (χ1n) is 11.6. The molecule has 0 unspecified atom stereocenters. The zero-order chi connectivity index (χ0) is 26.0. The first-order chi connectivity index (χ1) is 16.6. The summed E-state index contributed by atoms with van der Waals surface area (Å²) in [6.45, 7) is 6.58. The van der Waals surface area contributed by atoms with Crippen LogP contribution in [-0.2, 0) is 31.0 Å². The number of aliphatic carboxylic acids is 1. The summed E-state index contributed by atoms with van der Waals surface area (Å²) < 4.78 is 10.2. The fraction of sp³-hybridized carbons (Fsp3) is 0.444. The first kappa shape index (κ1) is 27.9. The van der Waals surface area contributed by atoms with Gasteiger partial charge in [0.1, 0.15) is 11.8 Å². The van der Waals surface area contributed by atoms with Gasteiger partial charge in [-0.2, -0.15) is 0 Å². The molecule has 0 bridgehead atoms. The normalized spacial score (nSPS) is 12.9. The second-order valence-corrected chi connectivity index (χ2v) is 9.20. The Balaban J connectivity index is 2.06. The predicted molar refractivity (Wildman–Crippen MR) is 134 cm³/mol. The third-order valence-electron chi connectivity index (χ3n) is 6.10. The fourth-order valence-electron chi connectivity index (χ4n) is 3.89. The molecule has 8 heteroatoms. The lowest BCUT2D eigenvalue weighted by Crippen LogP contribution is -2.52. The van der Waals surface area contributed by atoms with Gasteiger partial charge in [-0.1, -0.05) is 56.3 Å². The number of rotatable bonds is 13. The SMILES string of the molecule is COC(=O)[C@H](Cc1ccccc1)NC(=O)[C@H](CC(=O)O)NCCC(C)(C)c1ccc(OC)c(C)c1. The van der Waals surface area contributed by atoms with Gasteiger partial charge in [-0.05, 0) is 48.1 Å². The monoisotopic (exact) mass is 484 g/mol. The van der Waals surface area contributed by atoms with Gasteiger partial charge in [0.2, 0.25) is 5.91 Å². The van der Waals surface area contributed by atoms with E-state index in [2.05, 4.69) is 30.5 Å². The number of nitrogens with one attached hydrogen (secondary N) is 2. The highest BCUT2D eigenvalue weighted by Crippen LogP contribution is 2.30. The van der Waals surface area contributed by atoms with Gasteiger partial charge in [0.15, 0.2) is 0 Å². The number of hydrogen-bond donors (Lipinski definition) is 3. The van der Waals surface area contributed by atoms with Gasteiger partial charge >= 0.3 is 11.9 Å². The predicted octanol–water partition coefficient (Wildman–Crippen LogP) is 3.00. The van der Waals surface area contributed by atoms with E-state index < -0.39 is 36.4 Å². The van der Waals surface area contributed by atoms with Crippen LogP contribution < -0.4 is 15.4 Å². The second-order valence-electron chi connectivity index (χ2n) is 9.20. The molecule has 3 N–H and O–H groups in total. The molecule has 190 valence electrons. The summed E-state index contributed by atoms with van der Waals surface area (Å²) in [4.78, 5) is 36.7. The molecule has 0 aliphatic carbocycles. The largest absolute Gasteiger partial charge is 0.496 e. The van der Waals surface area contributed by atoms with Crippen LogP contribution in [0.2, 0.25) is 0 Å². The Labute approximate surface area is 207 Å². The summed E-state index contributed by atoms with van der Waals surface area (Å²) in [5.41, 5.74) is 2.77.